The van der Waals surface area contributed by atoms with Gasteiger partial charge in [-0.2, -0.15) is 13.2 Å². The number of urea groups is 1. The lowest BCUT2D eigenvalue weighted by molar-refractivity contribution is -0.137. The molecule has 0 aliphatic carbocycles. The minimum atomic E-state index is -4.52. The number of benzene rings is 1. The van der Waals surface area contributed by atoms with Gasteiger partial charge in [-0.15, -0.1) is 0 Å². The molecule has 1 saturated heterocycles. The highest BCUT2D eigenvalue weighted by molar-refractivity contribution is 5.98. The van der Waals surface area contributed by atoms with E-state index in [1.54, 1.807) is 0 Å². The molecule has 1 aromatic rings. The van der Waals surface area contributed by atoms with E-state index >= 15 is 0 Å². The molecule has 1 aliphatic heterocycles. The van der Waals surface area contributed by atoms with Crippen LogP contribution in [0.15, 0.2) is 24.3 Å². The highest BCUT2D eigenvalue weighted by Gasteiger charge is 2.33. The number of carbonyl (C=O) groups excluding carboxylic acids is 3. The van der Waals surface area contributed by atoms with Gasteiger partial charge >= 0.3 is 12.2 Å². The second kappa shape index (κ2) is 7.54. The zero-order valence-electron chi connectivity index (χ0n) is 13.3. The second-order valence-corrected chi connectivity index (χ2v) is 5.84. The average Bonchev–Trinajstić information content (AvgIpc) is 2.58. The number of alkyl halides is 3. The maximum Gasteiger partial charge on any atom is 0.416 e. The Morgan fingerprint density at radius 2 is 2.00 bits per heavy atom. The van der Waals surface area contributed by atoms with Gasteiger partial charge in [0.05, 0.1) is 12.1 Å². The van der Waals surface area contributed by atoms with Crippen LogP contribution in [0.5, 0.6) is 0 Å². The summed E-state index contributed by atoms with van der Waals surface area (Å²) in [5.74, 6) is -1.39. The number of nitrogens with one attached hydrogen (secondary N) is 1. The SMILES string of the molecule is NC(=O)NCC(=O)N1CCC[C@H](C(=O)c2cccc(C(F)(F)F)c2)C1. The molecule has 3 amide bonds. The van der Waals surface area contributed by atoms with Crippen LogP contribution in [0, 0.1) is 5.92 Å². The first kappa shape index (κ1) is 18.8. The summed E-state index contributed by atoms with van der Waals surface area (Å²) in [4.78, 5) is 36.6. The van der Waals surface area contributed by atoms with Crippen molar-refractivity contribution in [2.75, 3.05) is 19.6 Å². The molecule has 0 unspecified atom stereocenters. The maximum atomic E-state index is 12.8. The van der Waals surface area contributed by atoms with Crippen molar-refractivity contribution in [1.29, 1.82) is 0 Å². The zero-order chi connectivity index (χ0) is 18.6. The smallest absolute Gasteiger partial charge is 0.352 e. The Morgan fingerprint density at radius 1 is 1.28 bits per heavy atom. The van der Waals surface area contributed by atoms with E-state index in [1.165, 1.54) is 17.0 Å². The summed E-state index contributed by atoms with van der Waals surface area (Å²) in [6.07, 6.45) is -3.48. The first-order valence-corrected chi connectivity index (χ1v) is 7.71. The summed E-state index contributed by atoms with van der Waals surface area (Å²) in [6, 6.07) is 3.44. The van der Waals surface area contributed by atoms with E-state index in [1.807, 2.05) is 0 Å². The number of primary amides is 1. The van der Waals surface area contributed by atoms with Crippen LogP contribution in [0.3, 0.4) is 0 Å². The van der Waals surface area contributed by atoms with Gasteiger partial charge in [0, 0.05) is 24.6 Å². The molecule has 0 aromatic heterocycles. The molecule has 0 bridgehead atoms. The Kier molecular flexibility index (Phi) is 5.66. The average molecular weight is 357 g/mol. The molecule has 1 atom stereocenters. The number of ketones is 1. The van der Waals surface area contributed by atoms with Crippen molar-refractivity contribution in [1.82, 2.24) is 10.2 Å². The van der Waals surface area contributed by atoms with Crippen molar-refractivity contribution in [3.05, 3.63) is 35.4 Å². The first-order valence-electron chi connectivity index (χ1n) is 7.71. The summed E-state index contributed by atoms with van der Waals surface area (Å²) >= 11 is 0. The van der Waals surface area contributed by atoms with Crippen molar-refractivity contribution in [3.63, 3.8) is 0 Å². The van der Waals surface area contributed by atoms with Crippen molar-refractivity contribution < 1.29 is 27.6 Å². The highest BCUT2D eigenvalue weighted by Crippen LogP contribution is 2.30. The Morgan fingerprint density at radius 3 is 2.64 bits per heavy atom. The van der Waals surface area contributed by atoms with Gasteiger partial charge in [0.1, 0.15) is 0 Å². The number of hydrogen-bond acceptors (Lipinski definition) is 3. The molecule has 3 N–H and O–H groups in total. The number of halogens is 3. The Balaban J connectivity index is 2.07. The normalized spacial score (nSPS) is 17.9. The number of hydrogen-bond donors (Lipinski definition) is 2. The monoisotopic (exact) mass is 357 g/mol. The van der Waals surface area contributed by atoms with Crippen LogP contribution in [0.2, 0.25) is 0 Å². The lowest BCUT2D eigenvalue weighted by atomic mass is 9.89. The summed E-state index contributed by atoms with van der Waals surface area (Å²) in [5.41, 5.74) is 4.00. The fourth-order valence-corrected chi connectivity index (χ4v) is 2.78. The molecule has 0 saturated carbocycles. The van der Waals surface area contributed by atoms with Crippen LogP contribution in [0.1, 0.15) is 28.8 Å². The highest BCUT2D eigenvalue weighted by atomic mass is 19.4. The molecule has 0 spiro atoms. The number of Topliss-reactive ketones (excluding diaryl/α,β-unsaturated/α-hetero) is 1. The van der Waals surface area contributed by atoms with Crippen molar-refractivity contribution in [2.45, 2.75) is 19.0 Å². The molecule has 1 aromatic carbocycles. The first-order chi connectivity index (χ1) is 11.7. The van der Waals surface area contributed by atoms with E-state index in [9.17, 15) is 27.6 Å². The molecule has 2 rings (SSSR count). The molecule has 9 heteroatoms. The van der Waals surface area contributed by atoms with Crippen molar-refractivity contribution in [3.8, 4) is 0 Å². The third kappa shape index (κ3) is 4.94. The molecular formula is C16H18F3N3O3. The number of carbonyl (C=O) groups is 3. The van der Waals surface area contributed by atoms with Crippen LogP contribution >= 0.6 is 0 Å². The molecule has 136 valence electrons. The summed E-state index contributed by atoms with van der Waals surface area (Å²) in [7, 11) is 0. The van der Waals surface area contributed by atoms with Crippen molar-refractivity contribution >= 4 is 17.7 Å². The minimum Gasteiger partial charge on any atom is -0.352 e. The zero-order valence-corrected chi connectivity index (χ0v) is 13.3. The summed E-state index contributed by atoms with van der Waals surface area (Å²) < 4.78 is 38.3. The van der Waals surface area contributed by atoms with Crippen LogP contribution in [-0.4, -0.2) is 42.3 Å². The van der Waals surface area contributed by atoms with Gasteiger partial charge in [-0.05, 0) is 25.0 Å². The molecular weight excluding hydrogens is 339 g/mol. The largest absolute Gasteiger partial charge is 0.416 e. The lowest BCUT2D eigenvalue weighted by Crippen LogP contribution is -2.47. The topological polar surface area (TPSA) is 92.5 Å². The van der Waals surface area contributed by atoms with Crippen LogP contribution < -0.4 is 11.1 Å². The molecule has 1 fully saturated rings. The fraction of sp³-hybridized carbons (Fsp3) is 0.438. The number of piperidine rings is 1. The van der Waals surface area contributed by atoms with E-state index in [0.717, 1.165) is 12.1 Å². The van der Waals surface area contributed by atoms with Gasteiger partial charge in [0.2, 0.25) is 5.91 Å². The number of nitrogens with two attached hydrogens (primary N) is 1. The third-order valence-electron chi connectivity index (χ3n) is 4.03. The van der Waals surface area contributed by atoms with Crippen molar-refractivity contribution in [2.24, 2.45) is 11.7 Å². The molecule has 25 heavy (non-hydrogen) atoms. The Labute approximate surface area is 142 Å². The van der Waals surface area contributed by atoms with Crippen LogP contribution in [0.25, 0.3) is 0 Å². The summed E-state index contributed by atoms with van der Waals surface area (Å²) in [5, 5.41) is 2.18. The lowest BCUT2D eigenvalue weighted by Gasteiger charge is -2.32. The second-order valence-electron chi connectivity index (χ2n) is 5.84. The van der Waals surface area contributed by atoms with Gasteiger partial charge in [-0.3, -0.25) is 9.59 Å². The van der Waals surface area contributed by atoms with Gasteiger partial charge in [0.25, 0.3) is 0 Å². The van der Waals surface area contributed by atoms with Gasteiger partial charge < -0.3 is 16.0 Å². The standard InChI is InChI=1S/C16H18F3N3O3/c17-16(18,19)12-5-1-3-10(7-12)14(24)11-4-2-6-22(9-11)13(23)8-21-15(20)25/h1,3,5,7,11H,2,4,6,8-9H2,(H3,20,21,25)/t11-/m0/s1. The Bertz CT molecular complexity index is 676. The van der Waals surface area contributed by atoms with Gasteiger partial charge in [0.15, 0.2) is 5.78 Å². The fourth-order valence-electron chi connectivity index (χ4n) is 2.78. The van der Waals surface area contributed by atoms with E-state index in [4.69, 9.17) is 5.73 Å². The number of nitrogens with zero attached hydrogens (tertiary/aromatic N) is 1. The van der Waals surface area contributed by atoms with E-state index < -0.39 is 29.5 Å². The maximum absolute atomic E-state index is 12.8. The van der Waals surface area contributed by atoms with Gasteiger partial charge in [-0.25, -0.2) is 4.79 Å². The summed E-state index contributed by atoms with van der Waals surface area (Å²) in [6.45, 7) is 0.250. The third-order valence-corrected chi connectivity index (χ3v) is 4.03. The number of rotatable bonds is 4. The number of amides is 3. The van der Waals surface area contributed by atoms with E-state index in [-0.39, 0.29) is 24.6 Å². The Hall–Kier alpha value is -2.58. The quantitative estimate of drug-likeness (QED) is 0.805. The van der Waals surface area contributed by atoms with Crippen LogP contribution in [0.4, 0.5) is 18.0 Å². The van der Waals surface area contributed by atoms with Gasteiger partial charge in [-0.1, -0.05) is 12.1 Å². The molecule has 0 radical (unpaired) electrons. The minimum absolute atomic E-state index is 0.0237. The molecule has 1 heterocycles. The predicted molar refractivity (Wildman–Crippen MR) is 82.7 cm³/mol. The molecule has 1 aliphatic rings. The number of likely N-dealkylation sites (tertiary alicyclic amines) is 1. The van der Waals surface area contributed by atoms with E-state index in [2.05, 4.69) is 5.32 Å². The van der Waals surface area contributed by atoms with Crippen LogP contribution in [-0.2, 0) is 11.0 Å². The van der Waals surface area contributed by atoms with E-state index in [0.29, 0.717) is 19.4 Å². The predicted octanol–water partition coefficient (Wildman–Crippen LogP) is 1.79. The molecule has 6 nitrogen and oxygen atoms in total.